The molecule has 2 N–H and O–H groups in total. The molecule has 1 rings (SSSR count). The predicted molar refractivity (Wildman–Crippen MR) is 72.4 cm³/mol. The lowest BCUT2D eigenvalue weighted by Crippen LogP contribution is -2.33. The fraction of sp³-hybridized carbons (Fsp3) is 0.667. The van der Waals surface area contributed by atoms with Gasteiger partial charge in [-0.2, -0.15) is 0 Å². The molecule has 0 bridgehead atoms. The van der Waals surface area contributed by atoms with E-state index < -0.39 is 10.0 Å². The summed E-state index contributed by atoms with van der Waals surface area (Å²) in [4.78, 5) is 0. The van der Waals surface area contributed by atoms with E-state index in [9.17, 15) is 8.42 Å². The Labute approximate surface area is 114 Å². The second-order valence-corrected chi connectivity index (χ2v) is 5.95. The van der Waals surface area contributed by atoms with Gasteiger partial charge in [0.25, 0.3) is 10.0 Å². The molecule has 0 spiro atoms. The molecule has 0 aliphatic carbocycles. The Morgan fingerprint density at radius 2 is 2.16 bits per heavy atom. The molecule has 0 radical (unpaired) electrons. The van der Waals surface area contributed by atoms with Crippen molar-refractivity contribution in [2.75, 3.05) is 20.3 Å². The van der Waals surface area contributed by atoms with E-state index in [1.165, 1.54) is 6.07 Å². The number of hydrogen-bond acceptors (Lipinski definition) is 5. The van der Waals surface area contributed by atoms with E-state index in [0.717, 1.165) is 6.54 Å². The lowest BCUT2D eigenvalue weighted by atomic mass is 10.3. The van der Waals surface area contributed by atoms with Crippen LogP contribution >= 0.6 is 0 Å². The van der Waals surface area contributed by atoms with Gasteiger partial charge in [0, 0.05) is 19.8 Å². The first-order chi connectivity index (χ1) is 8.99. The van der Waals surface area contributed by atoms with Crippen LogP contribution in [0.15, 0.2) is 21.6 Å². The van der Waals surface area contributed by atoms with E-state index in [0.29, 0.717) is 25.3 Å². The summed E-state index contributed by atoms with van der Waals surface area (Å²) in [5.41, 5.74) is 0. The molecule has 7 heteroatoms. The summed E-state index contributed by atoms with van der Waals surface area (Å²) in [6.07, 6.45) is 0.612. The van der Waals surface area contributed by atoms with Gasteiger partial charge in [-0.15, -0.1) is 0 Å². The van der Waals surface area contributed by atoms with Crippen LogP contribution < -0.4 is 10.0 Å². The topological polar surface area (TPSA) is 80.6 Å². The second-order valence-electron chi connectivity index (χ2n) is 4.30. The SMILES string of the molecule is CCNCc1ccc(S(=O)(=O)NC(C)CCOC)o1. The molecule has 1 heterocycles. The molecule has 0 fully saturated rings. The summed E-state index contributed by atoms with van der Waals surface area (Å²) < 4.78 is 36.8. The van der Waals surface area contributed by atoms with Crippen molar-refractivity contribution < 1.29 is 17.6 Å². The summed E-state index contributed by atoms with van der Waals surface area (Å²) in [7, 11) is -2.01. The average Bonchev–Trinajstić information content (AvgIpc) is 2.83. The number of rotatable bonds is 9. The molecule has 1 aromatic heterocycles. The third kappa shape index (κ3) is 5.32. The number of hydrogen-bond donors (Lipinski definition) is 2. The number of ether oxygens (including phenoxy) is 1. The van der Waals surface area contributed by atoms with Crippen molar-refractivity contribution in [2.45, 2.75) is 37.9 Å². The Hall–Kier alpha value is -0.890. The zero-order valence-electron chi connectivity index (χ0n) is 11.6. The van der Waals surface area contributed by atoms with Gasteiger partial charge in [0.1, 0.15) is 5.76 Å². The van der Waals surface area contributed by atoms with Crippen LogP contribution in [0.25, 0.3) is 0 Å². The molecule has 0 aromatic carbocycles. The van der Waals surface area contributed by atoms with Crippen molar-refractivity contribution in [3.8, 4) is 0 Å². The number of sulfonamides is 1. The minimum atomic E-state index is -3.59. The van der Waals surface area contributed by atoms with Crippen LogP contribution in [0.4, 0.5) is 0 Å². The molecule has 19 heavy (non-hydrogen) atoms. The lowest BCUT2D eigenvalue weighted by Gasteiger charge is -2.12. The molecule has 6 nitrogen and oxygen atoms in total. The zero-order chi connectivity index (χ0) is 14.3. The standard InChI is InChI=1S/C12H22N2O4S/c1-4-13-9-11-5-6-12(18-11)19(15,16)14-10(2)7-8-17-3/h5-6,10,13-14H,4,7-9H2,1-3H3. The minimum absolute atomic E-state index is 0.0512. The smallest absolute Gasteiger partial charge is 0.274 e. The first-order valence-corrected chi connectivity index (χ1v) is 7.78. The Balaban J connectivity index is 2.63. The van der Waals surface area contributed by atoms with E-state index in [1.54, 1.807) is 20.1 Å². The molecule has 0 saturated carbocycles. The molecule has 110 valence electrons. The van der Waals surface area contributed by atoms with Crippen LogP contribution in [-0.2, 0) is 21.3 Å². The highest BCUT2D eigenvalue weighted by molar-refractivity contribution is 7.89. The largest absolute Gasteiger partial charge is 0.447 e. The van der Waals surface area contributed by atoms with Crippen molar-refractivity contribution >= 4 is 10.0 Å². The van der Waals surface area contributed by atoms with Gasteiger partial charge < -0.3 is 14.5 Å². The van der Waals surface area contributed by atoms with Gasteiger partial charge in [-0.3, -0.25) is 0 Å². The van der Waals surface area contributed by atoms with Crippen LogP contribution in [0.2, 0.25) is 0 Å². The number of methoxy groups -OCH3 is 1. The van der Waals surface area contributed by atoms with Crippen LogP contribution in [0.1, 0.15) is 26.0 Å². The zero-order valence-corrected chi connectivity index (χ0v) is 12.4. The Bertz CT molecular complexity index is 470. The Kier molecular flexibility index (Phi) is 6.50. The monoisotopic (exact) mass is 290 g/mol. The maximum absolute atomic E-state index is 12.0. The number of nitrogens with one attached hydrogen (secondary N) is 2. The van der Waals surface area contributed by atoms with Crippen LogP contribution in [-0.4, -0.2) is 34.7 Å². The molecule has 1 atom stereocenters. The minimum Gasteiger partial charge on any atom is -0.447 e. The van der Waals surface area contributed by atoms with Gasteiger partial charge >= 0.3 is 0 Å². The van der Waals surface area contributed by atoms with Gasteiger partial charge in [0.2, 0.25) is 5.09 Å². The van der Waals surface area contributed by atoms with Gasteiger partial charge in [-0.1, -0.05) is 6.92 Å². The highest BCUT2D eigenvalue weighted by atomic mass is 32.2. The van der Waals surface area contributed by atoms with Crippen LogP contribution in [0, 0.1) is 0 Å². The first kappa shape index (κ1) is 16.2. The number of furan rings is 1. The summed E-state index contributed by atoms with van der Waals surface area (Å²) in [5, 5.41) is 3.02. The van der Waals surface area contributed by atoms with E-state index in [2.05, 4.69) is 10.0 Å². The van der Waals surface area contributed by atoms with Crippen molar-refractivity contribution in [3.63, 3.8) is 0 Å². The van der Waals surface area contributed by atoms with Crippen LogP contribution in [0.5, 0.6) is 0 Å². The molecule has 0 amide bonds. The van der Waals surface area contributed by atoms with Gasteiger partial charge in [-0.25, -0.2) is 13.1 Å². The fourth-order valence-electron chi connectivity index (χ4n) is 1.52. The molecular formula is C12H22N2O4S. The first-order valence-electron chi connectivity index (χ1n) is 6.30. The van der Waals surface area contributed by atoms with Crippen LogP contribution in [0.3, 0.4) is 0 Å². The molecule has 1 aromatic rings. The maximum Gasteiger partial charge on any atom is 0.274 e. The molecule has 0 aliphatic heterocycles. The third-order valence-corrected chi connectivity index (χ3v) is 4.02. The van der Waals surface area contributed by atoms with Crippen molar-refractivity contribution in [1.82, 2.24) is 10.0 Å². The highest BCUT2D eigenvalue weighted by Crippen LogP contribution is 2.14. The van der Waals surface area contributed by atoms with Gasteiger partial charge in [-0.05, 0) is 32.0 Å². The summed E-state index contributed by atoms with van der Waals surface area (Å²) in [6, 6.07) is 2.93. The van der Waals surface area contributed by atoms with Gasteiger partial charge in [0.15, 0.2) is 0 Å². The van der Waals surface area contributed by atoms with E-state index >= 15 is 0 Å². The Morgan fingerprint density at radius 3 is 2.79 bits per heavy atom. The van der Waals surface area contributed by atoms with Crippen molar-refractivity contribution in [1.29, 1.82) is 0 Å². The molecule has 0 aliphatic rings. The quantitative estimate of drug-likeness (QED) is 0.711. The molecule has 1 unspecified atom stereocenters. The normalized spacial score (nSPS) is 13.6. The van der Waals surface area contributed by atoms with E-state index in [-0.39, 0.29) is 11.1 Å². The van der Waals surface area contributed by atoms with E-state index in [4.69, 9.17) is 9.15 Å². The second kappa shape index (κ2) is 7.64. The Morgan fingerprint density at radius 1 is 1.42 bits per heavy atom. The van der Waals surface area contributed by atoms with E-state index in [1.807, 2.05) is 6.92 Å². The fourth-order valence-corrected chi connectivity index (χ4v) is 2.75. The lowest BCUT2D eigenvalue weighted by molar-refractivity contribution is 0.188. The van der Waals surface area contributed by atoms with Crippen molar-refractivity contribution in [3.05, 3.63) is 17.9 Å². The molecular weight excluding hydrogens is 268 g/mol. The molecule has 0 saturated heterocycles. The summed E-state index contributed by atoms with van der Waals surface area (Å²) in [6.45, 7) is 5.59. The van der Waals surface area contributed by atoms with Crippen molar-refractivity contribution in [2.24, 2.45) is 0 Å². The van der Waals surface area contributed by atoms with Gasteiger partial charge in [0.05, 0.1) is 6.54 Å². The summed E-state index contributed by atoms with van der Waals surface area (Å²) in [5.74, 6) is 0.603. The predicted octanol–water partition coefficient (Wildman–Crippen LogP) is 1.09. The maximum atomic E-state index is 12.0. The highest BCUT2D eigenvalue weighted by Gasteiger charge is 2.21. The third-order valence-electron chi connectivity index (χ3n) is 2.56. The summed E-state index contributed by atoms with van der Waals surface area (Å²) >= 11 is 0. The average molecular weight is 290 g/mol.